The van der Waals surface area contributed by atoms with Crippen molar-refractivity contribution in [3.8, 4) is 22.9 Å². The maximum atomic E-state index is 14.7. The van der Waals surface area contributed by atoms with Crippen molar-refractivity contribution in [1.29, 1.82) is 0 Å². The van der Waals surface area contributed by atoms with Crippen molar-refractivity contribution in [2.45, 2.75) is 86.8 Å². The monoisotopic (exact) mass is 820 g/mol. The van der Waals surface area contributed by atoms with Gasteiger partial charge in [-0.15, -0.1) is 11.3 Å². The van der Waals surface area contributed by atoms with E-state index in [1.807, 2.05) is 30.4 Å². The first-order valence-corrected chi connectivity index (χ1v) is 21.5. The van der Waals surface area contributed by atoms with Gasteiger partial charge in [-0.2, -0.15) is 0 Å². The molecule has 17 heteroatoms. The van der Waals surface area contributed by atoms with Crippen LogP contribution >= 0.6 is 11.3 Å². The number of anilines is 1. The van der Waals surface area contributed by atoms with E-state index in [0.29, 0.717) is 54.3 Å². The Bertz CT molecular complexity index is 2350. The molecule has 0 bridgehead atoms. The lowest BCUT2D eigenvalue weighted by molar-refractivity contribution is -0.140. The molecule has 5 atom stereocenters. The molecule has 2 aromatic heterocycles. The van der Waals surface area contributed by atoms with Gasteiger partial charge in [-0.25, -0.2) is 27.2 Å². The Balaban J connectivity index is 1.10. The minimum Gasteiger partial charge on any atom is -0.497 e. The van der Waals surface area contributed by atoms with Gasteiger partial charge in [-0.3, -0.25) is 19.1 Å². The smallest absolute Gasteiger partial charge is 0.259 e. The molecule has 300 valence electrons. The summed E-state index contributed by atoms with van der Waals surface area (Å²) in [5.41, 5.74) is -1.13. The molecule has 3 amide bonds. The average molecular weight is 821 g/mol. The highest BCUT2D eigenvalue weighted by molar-refractivity contribution is 7.91. The lowest BCUT2D eigenvalue weighted by atomic mass is 10.1. The number of pyridine rings is 1. The first-order chi connectivity index (χ1) is 27.4. The summed E-state index contributed by atoms with van der Waals surface area (Å²) in [5.74, 6) is -2.77. The third-order valence-corrected chi connectivity index (χ3v) is 13.7. The van der Waals surface area contributed by atoms with Crippen molar-refractivity contribution in [3.63, 3.8) is 0 Å². The van der Waals surface area contributed by atoms with Gasteiger partial charge in [0, 0.05) is 40.9 Å². The standard InChI is InChI=1S/C40H42F2N6O7S2/c1-54-26-10-14-29-23(17-26)15-16-43-36(29)55-27-19-34-35(49)46-40(38(51)47-57(52,53)28-11-12-28)20-24(40)7-5-3-2-4-6-8-32(37(50)48(34)21-27)44-39-45-33(22-56-39)30-13-9-25(41)18-31(30)42/h5,7,9-10,13-18,22,24,27-28,32,34H,2-4,6,8,11-12,19-21H2,1H3,(H,44,45)(H,46,49)(H,47,51)/b7-5-/t24-,27-,32+,34+,40-/m1/s1. The highest BCUT2D eigenvalue weighted by atomic mass is 32.2. The van der Waals surface area contributed by atoms with Crippen molar-refractivity contribution >= 4 is 55.0 Å². The van der Waals surface area contributed by atoms with Crippen LogP contribution in [0.1, 0.15) is 57.8 Å². The van der Waals surface area contributed by atoms with Gasteiger partial charge in [0.15, 0.2) is 5.13 Å². The Labute approximate surface area is 332 Å². The fourth-order valence-electron chi connectivity index (χ4n) is 7.66. The predicted molar refractivity (Wildman–Crippen MR) is 209 cm³/mol. The van der Waals surface area contributed by atoms with E-state index in [4.69, 9.17) is 9.47 Å². The SMILES string of the molecule is COc1ccc2c(O[C@@H]3C[C@H]4C(=O)N[C@]5(C(=O)NS(=O)(=O)C6CC6)C[C@H]5/C=C\CCCCC[C@H](Nc5nc(-c6ccc(F)cc6F)cs5)C(=O)N4C3)nccc2c1. The minimum atomic E-state index is -3.91. The normalized spacial score (nSPS) is 26.0. The van der Waals surface area contributed by atoms with Crippen LogP contribution in [0.3, 0.4) is 0 Å². The van der Waals surface area contributed by atoms with E-state index in [9.17, 15) is 31.6 Å². The average Bonchev–Trinajstić information content (AvgIpc) is 4.07. The van der Waals surface area contributed by atoms with Crippen LogP contribution < -0.4 is 24.8 Å². The number of carbonyl (C=O) groups excluding carboxylic acids is 3. The maximum Gasteiger partial charge on any atom is 0.259 e. The summed E-state index contributed by atoms with van der Waals surface area (Å²) in [4.78, 5) is 53.4. The Hall–Kier alpha value is -5.16. The van der Waals surface area contributed by atoms with E-state index in [1.54, 1.807) is 24.8 Å². The number of halogens is 2. The quantitative estimate of drug-likeness (QED) is 0.184. The van der Waals surface area contributed by atoms with Crippen LogP contribution in [0.25, 0.3) is 22.0 Å². The Morgan fingerprint density at radius 3 is 2.70 bits per heavy atom. The molecule has 57 heavy (non-hydrogen) atoms. The summed E-state index contributed by atoms with van der Waals surface area (Å²) >= 11 is 1.16. The number of allylic oxidation sites excluding steroid dienone is 1. The third kappa shape index (κ3) is 8.17. The van der Waals surface area contributed by atoms with Gasteiger partial charge in [0.05, 0.1) is 24.6 Å². The van der Waals surface area contributed by atoms with Gasteiger partial charge in [-0.05, 0) is 80.3 Å². The number of nitrogens with one attached hydrogen (secondary N) is 3. The number of amides is 3. The number of carbonyl (C=O) groups is 3. The fraction of sp³-hybridized carbons (Fsp3) is 0.425. The second kappa shape index (κ2) is 15.6. The van der Waals surface area contributed by atoms with Gasteiger partial charge in [0.25, 0.3) is 5.91 Å². The molecular formula is C40H42F2N6O7S2. The molecule has 2 saturated carbocycles. The van der Waals surface area contributed by atoms with Crippen LogP contribution in [0.5, 0.6) is 11.6 Å². The number of sulfonamides is 1. The minimum absolute atomic E-state index is 0.00577. The molecule has 4 aromatic rings. The molecule has 2 aliphatic carbocycles. The van der Waals surface area contributed by atoms with Crippen LogP contribution in [0.15, 0.2) is 66.2 Å². The zero-order valence-corrected chi connectivity index (χ0v) is 32.7. The van der Waals surface area contributed by atoms with Crippen molar-refractivity contribution in [3.05, 3.63) is 77.8 Å². The number of thiazole rings is 1. The van der Waals surface area contributed by atoms with E-state index in [-0.39, 0.29) is 30.6 Å². The number of hydrogen-bond acceptors (Lipinski definition) is 11. The maximum absolute atomic E-state index is 14.7. The van der Waals surface area contributed by atoms with Crippen molar-refractivity contribution in [2.75, 3.05) is 19.0 Å². The van der Waals surface area contributed by atoms with E-state index >= 15 is 0 Å². The first-order valence-electron chi connectivity index (χ1n) is 19.1. The van der Waals surface area contributed by atoms with E-state index in [2.05, 4.69) is 25.3 Å². The zero-order valence-electron chi connectivity index (χ0n) is 31.1. The van der Waals surface area contributed by atoms with Crippen LogP contribution in [-0.4, -0.2) is 83.6 Å². The Morgan fingerprint density at radius 1 is 1.07 bits per heavy atom. The molecule has 3 N–H and O–H groups in total. The largest absolute Gasteiger partial charge is 0.497 e. The number of rotatable bonds is 9. The first kappa shape index (κ1) is 38.7. The van der Waals surface area contributed by atoms with E-state index in [1.165, 1.54) is 11.0 Å². The van der Waals surface area contributed by atoms with Crippen molar-refractivity contribution in [1.82, 2.24) is 24.9 Å². The third-order valence-electron chi connectivity index (χ3n) is 11.1. The van der Waals surface area contributed by atoms with Gasteiger partial charge < -0.3 is 25.0 Å². The predicted octanol–water partition coefficient (Wildman–Crippen LogP) is 5.48. The van der Waals surface area contributed by atoms with Crippen molar-refractivity contribution < 1.29 is 41.1 Å². The number of fused-ring (bicyclic) bond motifs is 3. The van der Waals surface area contributed by atoms with Crippen LogP contribution in [0.2, 0.25) is 0 Å². The zero-order chi connectivity index (χ0) is 39.9. The number of aromatic nitrogens is 2. The lowest BCUT2D eigenvalue weighted by Crippen LogP contribution is -2.57. The Morgan fingerprint density at radius 2 is 1.91 bits per heavy atom. The summed E-state index contributed by atoms with van der Waals surface area (Å²) in [6.45, 7) is 0.00577. The summed E-state index contributed by atoms with van der Waals surface area (Å²) in [6, 6.07) is 8.56. The molecule has 2 aromatic carbocycles. The fourth-order valence-corrected chi connectivity index (χ4v) is 9.79. The molecule has 3 fully saturated rings. The molecule has 1 saturated heterocycles. The van der Waals surface area contributed by atoms with Crippen LogP contribution in [-0.2, 0) is 24.4 Å². The van der Waals surface area contributed by atoms with Gasteiger partial charge in [0.2, 0.25) is 27.7 Å². The molecule has 13 nitrogen and oxygen atoms in total. The molecule has 0 radical (unpaired) electrons. The topological polar surface area (TPSA) is 169 Å². The second-order valence-corrected chi connectivity index (χ2v) is 17.9. The molecular weight excluding hydrogens is 779 g/mol. The van der Waals surface area contributed by atoms with Crippen molar-refractivity contribution in [2.24, 2.45) is 5.92 Å². The summed E-state index contributed by atoms with van der Waals surface area (Å²) in [6.07, 6.45) is 9.22. The highest BCUT2D eigenvalue weighted by Crippen LogP contribution is 2.46. The summed E-state index contributed by atoms with van der Waals surface area (Å²) < 4.78 is 68.1. The van der Waals surface area contributed by atoms with Gasteiger partial charge >= 0.3 is 0 Å². The molecule has 0 unspecified atom stereocenters. The summed E-state index contributed by atoms with van der Waals surface area (Å²) in [7, 11) is -2.33. The number of methoxy groups -OCH3 is 1. The van der Waals surface area contributed by atoms with E-state index in [0.717, 1.165) is 41.7 Å². The van der Waals surface area contributed by atoms with E-state index < -0.39 is 74.3 Å². The molecule has 4 heterocycles. The number of nitrogens with zero attached hydrogens (tertiary/aromatic N) is 3. The summed E-state index contributed by atoms with van der Waals surface area (Å²) in [5, 5.41) is 8.96. The molecule has 8 rings (SSSR count). The molecule has 4 aliphatic rings. The van der Waals surface area contributed by atoms with Crippen LogP contribution in [0.4, 0.5) is 13.9 Å². The molecule has 2 aliphatic heterocycles. The van der Waals surface area contributed by atoms with Gasteiger partial charge in [-0.1, -0.05) is 25.0 Å². The Kier molecular flexibility index (Phi) is 10.6. The number of benzene rings is 2. The number of hydrogen-bond donors (Lipinski definition) is 3. The number of ether oxygens (including phenoxy) is 2. The highest BCUT2D eigenvalue weighted by Gasteiger charge is 2.62. The van der Waals surface area contributed by atoms with Crippen LogP contribution in [0, 0.1) is 17.6 Å². The lowest BCUT2D eigenvalue weighted by Gasteiger charge is -2.29. The second-order valence-electron chi connectivity index (χ2n) is 15.1. The van der Waals surface area contributed by atoms with Gasteiger partial charge in [0.1, 0.15) is 41.1 Å². The molecule has 0 spiro atoms.